The summed E-state index contributed by atoms with van der Waals surface area (Å²) in [5.41, 5.74) is 0. The molecule has 0 spiro atoms. The van der Waals surface area contributed by atoms with E-state index in [1.165, 1.54) is 0 Å². The van der Waals surface area contributed by atoms with Gasteiger partial charge in [-0.15, -0.1) is 8.73 Å². The molecule has 0 aromatic heterocycles. The lowest BCUT2D eigenvalue weighted by atomic mass is 10.3. The molecule has 0 saturated carbocycles. The summed E-state index contributed by atoms with van der Waals surface area (Å²) in [5, 5.41) is 0. The van der Waals surface area contributed by atoms with Gasteiger partial charge < -0.3 is 13.7 Å². The SMILES string of the molecule is [2H][Si]([B])(OCC[C@H](C=O)OP([B])C)P[3H]. The molecule has 0 N–H and O–H groups in total. The largest absolute Gasteiger partial charge is 0.425 e. The second-order valence-electron chi connectivity index (χ2n) is 2.33. The van der Waals surface area contributed by atoms with E-state index in [0.717, 1.165) is 0 Å². The van der Waals surface area contributed by atoms with Crippen LogP contribution in [0.3, 0.4) is 0 Å². The summed E-state index contributed by atoms with van der Waals surface area (Å²) >= 11 is 0. The van der Waals surface area contributed by atoms with Gasteiger partial charge in [0.2, 0.25) is 0 Å². The maximum Gasteiger partial charge on any atom is 0.149 e. The first-order valence-corrected chi connectivity index (χ1v) is 8.39. The Morgan fingerprint density at radius 2 is 2.77 bits per heavy atom. The number of aldehydes is 1. The molecule has 0 aliphatic carbocycles. The third-order valence-electron chi connectivity index (χ3n) is 1.11. The van der Waals surface area contributed by atoms with Crippen LogP contribution in [0, 0.1) is 0 Å². The van der Waals surface area contributed by atoms with E-state index in [9.17, 15) is 4.79 Å². The van der Waals surface area contributed by atoms with E-state index in [2.05, 4.69) is 0 Å². The molecule has 0 fully saturated rings. The Hall–Kier alpha value is 0.797. The lowest BCUT2D eigenvalue weighted by Gasteiger charge is -2.15. The van der Waals surface area contributed by atoms with Crippen LogP contribution in [0.4, 0.5) is 0 Å². The second-order valence-corrected chi connectivity index (χ2v) is 6.13. The zero-order chi connectivity index (χ0) is 11.9. The molecule has 0 aromatic carbocycles. The van der Waals surface area contributed by atoms with Gasteiger partial charge in [-0.05, 0) is 14.7 Å². The van der Waals surface area contributed by atoms with E-state index < -0.39 is 31.4 Å². The number of carbonyl (C=O) groups is 1. The van der Waals surface area contributed by atoms with Gasteiger partial charge in [-0.25, -0.2) is 0 Å². The molecule has 3 nitrogen and oxygen atoms in total. The Morgan fingerprint density at radius 1 is 2.08 bits per heavy atom. The minimum Gasteiger partial charge on any atom is -0.425 e. The minimum absolute atomic E-state index is 0.157. The Bertz CT molecular complexity index is 201. The molecule has 8 heteroatoms. The normalized spacial score (nSPS) is 23.2. The number of hydrogen-bond donors (Lipinski definition) is 0. The maximum atomic E-state index is 10.5. The van der Waals surface area contributed by atoms with Crippen LogP contribution in [0.5, 0.6) is 0 Å². The number of rotatable bonds is 8. The molecule has 4 atom stereocenters. The van der Waals surface area contributed by atoms with Gasteiger partial charge in [0.15, 0.2) is 0 Å². The molecule has 13 heavy (non-hydrogen) atoms. The van der Waals surface area contributed by atoms with Crippen molar-refractivity contribution in [3.63, 3.8) is 0 Å². The van der Waals surface area contributed by atoms with Gasteiger partial charge in [-0.2, -0.15) is 0 Å². The van der Waals surface area contributed by atoms with Crippen LogP contribution >= 0.6 is 16.8 Å². The van der Waals surface area contributed by atoms with E-state index in [1.54, 1.807) is 6.66 Å². The predicted octanol–water partition coefficient (Wildman–Crippen LogP) is -0.152. The molecule has 0 aliphatic rings. The second kappa shape index (κ2) is 8.13. The van der Waals surface area contributed by atoms with Crippen molar-refractivity contribution in [3.05, 3.63) is 0 Å². The molecular formula is C5H12B2O3P2Si. The number of hydrogen-bond acceptors (Lipinski definition) is 3. The van der Waals surface area contributed by atoms with Crippen molar-refractivity contribution < 1.29 is 13.7 Å². The Morgan fingerprint density at radius 3 is 3.23 bits per heavy atom. The first kappa shape index (κ1) is 10.3. The topological polar surface area (TPSA) is 35.5 Å². The molecule has 0 bridgehead atoms. The Labute approximate surface area is 89.2 Å². The van der Waals surface area contributed by atoms with E-state index in [1.807, 2.05) is 0 Å². The third-order valence-corrected chi connectivity index (χ3v) is 2.66. The highest BCUT2D eigenvalue weighted by Gasteiger charge is 2.09. The van der Waals surface area contributed by atoms with Crippen molar-refractivity contribution in [3.8, 4) is 0 Å². The van der Waals surface area contributed by atoms with Crippen LogP contribution in [0.2, 0.25) is 0 Å². The van der Waals surface area contributed by atoms with E-state index >= 15 is 0 Å². The molecule has 4 radical (unpaired) electrons. The summed E-state index contributed by atoms with van der Waals surface area (Å²) in [7, 11) is 6.23. The van der Waals surface area contributed by atoms with Crippen LogP contribution in [0.15, 0.2) is 0 Å². The zero-order valence-corrected chi connectivity index (χ0v) is 10.3. The average Bonchev–Trinajstić information content (AvgIpc) is 2.15. The van der Waals surface area contributed by atoms with Crippen molar-refractivity contribution >= 4 is 46.6 Å². The van der Waals surface area contributed by atoms with E-state index in [-0.39, 0.29) is 6.61 Å². The fraction of sp³-hybridized carbons (Fsp3) is 0.800. The Kier molecular flexibility index (Phi) is 6.46. The van der Waals surface area contributed by atoms with Gasteiger partial charge in [-0.1, -0.05) is 0 Å². The fourth-order valence-electron chi connectivity index (χ4n) is 0.644. The molecular weight excluding hydrogens is 220 g/mol. The minimum atomic E-state index is -3.05. The lowest BCUT2D eigenvalue weighted by molar-refractivity contribution is -0.113. The van der Waals surface area contributed by atoms with Gasteiger partial charge in [0.05, 0.1) is 8.72 Å². The maximum absolute atomic E-state index is 10.5. The smallest absolute Gasteiger partial charge is 0.149 e. The van der Waals surface area contributed by atoms with Crippen LogP contribution in [-0.4, -0.2) is 51.7 Å². The summed E-state index contributed by atoms with van der Waals surface area (Å²) in [6.45, 7) is 1.84. The highest BCUT2D eigenvalue weighted by Crippen LogP contribution is 2.27. The van der Waals surface area contributed by atoms with Crippen molar-refractivity contribution in [2.75, 3.05) is 13.3 Å². The van der Waals surface area contributed by atoms with Gasteiger partial charge in [0.1, 0.15) is 28.5 Å². The highest BCUT2D eigenvalue weighted by molar-refractivity contribution is 7.77. The highest BCUT2D eigenvalue weighted by atomic mass is 31.3. The zero-order valence-electron chi connectivity index (χ0n) is 9.40. The first-order valence-electron chi connectivity index (χ1n) is 4.63. The monoisotopic (exact) mass is 235 g/mol. The fourth-order valence-corrected chi connectivity index (χ4v) is 1.87. The molecule has 3 unspecified atom stereocenters. The quantitative estimate of drug-likeness (QED) is 0.333. The van der Waals surface area contributed by atoms with Crippen molar-refractivity contribution in [1.29, 1.82) is 2.51 Å². The van der Waals surface area contributed by atoms with Crippen LogP contribution in [0.25, 0.3) is 0 Å². The van der Waals surface area contributed by atoms with Crippen molar-refractivity contribution in [2.24, 2.45) is 0 Å². The van der Waals surface area contributed by atoms with Gasteiger partial charge >= 0.3 is 0 Å². The van der Waals surface area contributed by atoms with Crippen LogP contribution in [-0.2, 0) is 13.7 Å². The van der Waals surface area contributed by atoms with Crippen molar-refractivity contribution in [2.45, 2.75) is 12.5 Å². The Balaban J connectivity index is 3.77. The number of carbonyl (C=O) groups excluding carboxylic acids is 1. The molecule has 0 aromatic rings. The predicted molar refractivity (Wildman–Crippen MR) is 62.7 cm³/mol. The average molecular weight is 235 g/mol. The molecule has 70 valence electrons. The van der Waals surface area contributed by atoms with Gasteiger partial charge in [0, 0.05) is 14.3 Å². The van der Waals surface area contributed by atoms with Crippen LogP contribution < -0.4 is 0 Å². The van der Waals surface area contributed by atoms with Crippen molar-refractivity contribution in [1.82, 2.24) is 0 Å². The van der Waals surface area contributed by atoms with E-state index in [0.29, 0.717) is 12.7 Å². The molecule has 0 rings (SSSR count). The molecule has 0 heterocycles. The molecule has 0 saturated heterocycles. The summed E-state index contributed by atoms with van der Waals surface area (Å²) in [4.78, 5) is 10.5. The molecule has 0 amide bonds. The summed E-state index contributed by atoms with van der Waals surface area (Å²) in [6, 6.07) is 0. The summed E-state index contributed by atoms with van der Waals surface area (Å²) < 4.78 is 24.5. The van der Waals surface area contributed by atoms with Gasteiger partial charge in [-0.3, -0.25) is 0 Å². The third kappa shape index (κ3) is 9.11. The first-order chi connectivity index (χ1) is 6.91. The van der Waals surface area contributed by atoms with E-state index in [4.69, 9.17) is 26.5 Å². The standard InChI is InChI=1S/C5H12B2O3P2Si/c1-12(6)10-5(4-8)2-3-9-13(7)11/h4-5,13H,2-3,11H2,1H3/t5-,12?,13?/m1/s1/i11T,13D/t5-,11?,12?,13?. The summed E-state index contributed by atoms with van der Waals surface area (Å²) in [5.74, 6) is 0. The van der Waals surface area contributed by atoms with Gasteiger partial charge in [0.25, 0.3) is 0 Å². The summed E-state index contributed by atoms with van der Waals surface area (Å²) in [6.07, 6.45) is 0.370. The molecule has 0 aliphatic heterocycles. The lowest BCUT2D eigenvalue weighted by Crippen LogP contribution is -2.18. The van der Waals surface area contributed by atoms with Crippen LogP contribution in [0.1, 0.15) is 6.42 Å².